The third kappa shape index (κ3) is 2.48. The van der Waals surface area contributed by atoms with Gasteiger partial charge < -0.3 is 0 Å². The molecule has 2 heterocycles. The predicted octanol–water partition coefficient (Wildman–Crippen LogP) is 3.00. The van der Waals surface area contributed by atoms with E-state index in [4.69, 9.17) is 4.63 Å². The molecule has 1 aromatic heterocycles. The third-order valence-corrected chi connectivity index (χ3v) is 4.34. The van der Waals surface area contributed by atoms with Crippen LogP contribution in [0.2, 0.25) is 0 Å². The zero-order valence-electron chi connectivity index (χ0n) is 12.3. The van der Waals surface area contributed by atoms with Gasteiger partial charge in [0, 0.05) is 25.6 Å². The number of hydrogen-bond donors (Lipinski definition) is 0. The summed E-state index contributed by atoms with van der Waals surface area (Å²) in [7, 11) is 0. The first-order valence-electron chi connectivity index (χ1n) is 7.11. The molecule has 0 saturated carbocycles. The standard InChI is InChI=1S/C16H21N3O/c1-12-15(18-20-17-12)10-19-9-14(16(2,3)11-19)13-7-5-4-6-8-13/h4-8,14H,9-11H2,1-3H3/t14-/m0/s1. The number of hydrogen-bond acceptors (Lipinski definition) is 4. The highest BCUT2D eigenvalue weighted by molar-refractivity contribution is 5.24. The third-order valence-electron chi connectivity index (χ3n) is 4.34. The first-order chi connectivity index (χ1) is 9.56. The molecule has 0 aliphatic carbocycles. The monoisotopic (exact) mass is 271 g/mol. The molecule has 0 radical (unpaired) electrons. The lowest BCUT2D eigenvalue weighted by Crippen LogP contribution is -2.23. The van der Waals surface area contributed by atoms with Gasteiger partial charge in [0.05, 0.1) is 0 Å². The van der Waals surface area contributed by atoms with Gasteiger partial charge in [-0.3, -0.25) is 4.90 Å². The van der Waals surface area contributed by atoms with Gasteiger partial charge in [0.15, 0.2) is 0 Å². The molecule has 0 unspecified atom stereocenters. The smallest absolute Gasteiger partial charge is 0.122 e. The molecule has 1 aromatic carbocycles. The summed E-state index contributed by atoms with van der Waals surface area (Å²) in [6.07, 6.45) is 0. The minimum absolute atomic E-state index is 0.270. The van der Waals surface area contributed by atoms with Gasteiger partial charge in [0.1, 0.15) is 11.4 Å². The van der Waals surface area contributed by atoms with Gasteiger partial charge in [0.2, 0.25) is 0 Å². The topological polar surface area (TPSA) is 42.2 Å². The molecule has 2 aromatic rings. The highest BCUT2D eigenvalue weighted by Crippen LogP contribution is 2.42. The van der Waals surface area contributed by atoms with Crippen LogP contribution in [0.15, 0.2) is 35.0 Å². The minimum atomic E-state index is 0.270. The van der Waals surface area contributed by atoms with Gasteiger partial charge in [-0.15, -0.1) is 0 Å². The summed E-state index contributed by atoms with van der Waals surface area (Å²) in [5.41, 5.74) is 3.54. The maximum Gasteiger partial charge on any atom is 0.122 e. The Morgan fingerprint density at radius 1 is 1.25 bits per heavy atom. The summed E-state index contributed by atoms with van der Waals surface area (Å²) in [5, 5.41) is 7.86. The lowest BCUT2D eigenvalue weighted by Gasteiger charge is -2.26. The lowest BCUT2D eigenvalue weighted by atomic mass is 9.78. The molecule has 1 aliphatic heterocycles. The first kappa shape index (κ1) is 13.3. The van der Waals surface area contributed by atoms with Crippen molar-refractivity contribution >= 4 is 0 Å². The molecule has 4 nitrogen and oxygen atoms in total. The average Bonchev–Trinajstić information content (AvgIpc) is 2.94. The Labute approximate surface area is 119 Å². The van der Waals surface area contributed by atoms with Crippen LogP contribution in [0.5, 0.6) is 0 Å². The molecule has 0 amide bonds. The van der Waals surface area contributed by atoms with Crippen molar-refractivity contribution < 1.29 is 4.63 Å². The van der Waals surface area contributed by atoms with E-state index in [1.807, 2.05) is 6.92 Å². The molecular weight excluding hydrogens is 250 g/mol. The number of likely N-dealkylation sites (tertiary alicyclic amines) is 1. The van der Waals surface area contributed by atoms with Crippen molar-refractivity contribution in [1.82, 2.24) is 15.2 Å². The van der Waals surface area contributed by atoms with Crippen LogP contribution in [0.25, 0.3) is 0 Å². The van der Waals surface area contributed by atoms with Gasteiger partial charge in [-0.1, -0.05) is 54.5 Å². The summed E-state index contributed by atoms with van der Waals surface area (Å²) in [5.74, 6) is 0.559. The van der Waals surface area contributed by atoms with Crippen LogP contribution in [-0.4, -0.2) is 28.3 Å². The van der Waals surface area contributed by atoms with Gasteiger partial charge in [0.25, 0.3) is 0 Å². The van der Waals surface area contributed by atoms with Crippen molar-refractivity contribution in [1.29, 1.82) is 0 Å². The molecule has 1 fully saturated rings. The SMILES string of the molecule is Cc1nonc1CN1C[C@@H](c2ccccc2)C(C)(C)C1. The number of nitrogens with zero attached hydrogens (tertiary/aromatic N) is 3. The second-order valence-electron chi connectivity index (χ2n) is 6.42. The molecule has 20 heavy (non-hydrogen) atoms. The van der Waals surface area contributed by atoms with Gasteiger partial charge in [-0.25, -0.2) is 4.63 Å². The summed E-state index contributed by atoms with van der Waals surface area (Å²) < 4.78 is 4.79. The normalized spacial score (nSPS) is 22.2. The summed E-state index contributed by atoms with van der Waals surface area (Å²) in [6.45, 7) is 9.59. The van der Waals surface area contributed by atoms with Crippen molar-refractivity contribution in [2.45, 2.75) is 33.2 Å². The number of benzene rings is 1. The largest absolute Gasteiger partial charge is 0.296 e. The second-order valence-corrected chi connectivity index (χ2v) is 6.42. The van der Waals surface area contributed by atoms with Crippen molar-refractivity contribution in [2.75, 3.05) is 13.1 Å². The van der Waals surface area contributed by atoms with Crippen LogP contribution >= 0.6 is 0 Å². The fourth-order valence-corrected chi connectivity index (χ4v) is 3.22. The molecule has 1 saturated heterocycles. The molecule has 0 bridgehead atoms. The van der Waals surface area contributed by atoms with E-state index in [1.54, 1.807) is 0 Å². The highest BCUT2D eigenvalue weighted by Gasteiger charge is 2.40. The fraction of sp³-hybridized carbons (Fsp3) is 0.500. The van der Waals surface area contributed by atoms with Crippen LogP contribution in [0.1, 0.15) is 36.7 Å². The number of aryl methyl sites for hydroxylation is 1. The van der Waals surface area contributed by atoms with Crippen molar-refractivity contribution in [3.8, 4) is 0 Å². The summed E-state index contributed by atoms with van der Waals surface area (Å²) in [4.78, 5) is 2.45. The van der Waals surface area contributed by atoms with Crippen LogP contribution in [-0.2, 0) is 6.54 Å². The Bertz CT molecular complexity index is 576. The van der Waals surface area contributed by atoms with Gasteiger partial charge in [-0.05, 0) is 17.9 Å². The average molecular weight is 271 g/mol. The van der Waals surface area contributed by atoms with Crippen molar-refractivity contribution in [3.05, 3.63) is 47.3 Å². The molecule has 0 N–H and O–H groups in total. The Kier molecular flexibility index (Phi) is 3.34. The van der Waals surface area contributed by atoms with Crippen LogP contribution in [0.3, 0.4) is 0 Å². The molecule has 1 aliphatic rings. The first-order valence-corrected chi connectivity index (χ1v) is 7.11. The zero-order valence-corrected chi connectivity index (χ0v) is 12.3. The maximum absolute atomic E-state index is 4.79. The molecule has 0 spiro atoms. The molecule has 3 rings (SSSR count). The molecule has 1 atom stereocenters. The zero-order chi connectivity index (χ0) is 14.2. The number of aromatic nitrogens is 2. The van der Waals surface area contributed by atoms with E-state index < -0.39 is 0 Å². The fourth-order valence-electron chi connectivity index (χ4n) is 3.22. The van der Waals surface area contributed by atoms with E-state index in [1.165, 1.54) is 5.56 Å². The Hall–Kier alpha value is -1.68. The summed E-state index contributed by atoms with van der Waals surface area (Å²) >= 11 is 0. The van der Waals surface area contributed by atoms with Crippen LogP contribution in [0, 0.1) is 12.3 Å². The lowest BCUT2D eigenvalue weighted by molar-refractivity contribution is 0.264. The van der Waals surface area contributed by atoms with Crippen molar-refractivity contribution in [2.24, 2.45) is 5.41 Å². The van der Waals surface area contributed by atoms with E-state index in [0.29, 0.717) is 5.92 Å². The minimum Gasteiger partial charge on any atom is -0.296 e. The van der Waals surface area contributed by atoms with Crippen molar-refractivity contribution in [3.63, 3.8) is 0 Å². The van der Waals surface area contributed by atoms with E-state index in [0.717, 1.165) is 31.0 Å². The van der Waals surface area contributed by atoms with E-state index in [2.05, 4.69) is 59.4 Å². The Morgan fingerprint density at radius 2 is 2.00 bits per heavy atom. The van der Waals surface area contributed by atoms with Gasteiger partial charge >= 0.3 is 0 Å². The quantitative estimate of drug-likeness (QED) is 0.860. The Balaban J connectivity index is 1.77. The van der Waals surface area contributed by atoms with Crippen LogP contribution in [0.4, 0.5) is 0 Å². The highest BCUT2D eigenvalue weighted by atomic mass is 16.6. The number of rotatable bonds is 3. The van der Waals surface area contributed by atoms with Crippen LogP contribution < -0.4 is 0 Å². The summed E-state index contributed by atoms with van der Waals surface area (Å²) in [6, 6.07) is 10.8. The maximum atomic E-state index is 4.79. The second kappa shape index (κ2) is 5.02. The van der Waals surface area contributed by atoms with E-state index in [9.17, 15) is 0 Å². The van der Waals surface area contributed by atoms with Gasteiger partial charge in [-0.2, -0.15) is 0 Å². The van der Waals surface area contributed by atoms with E-state index in [-0.39, 0.29) is 5.41 Å². The molecule has 106 valence electrons. The predicted molar refractivity (Wildman–Crippen MR) is 77.3 cm³/mol. The van der Waals surface area contributed by atoms with E-state index >= 15 is 0 Å². The molecular formula is C16H21N3O. The molecule has 4 heteroatoms. The Morgan fingerprint density at radius 3 is 2.65 bits per heavy atom.